The quantitative estimate of drug-likeness (QED) is 0.599. The van der Waals surface area contributed by atoms with Crippen molar-refractivity contribution in [3.8, 4) is 0 Å². The summed E-state index contributed by atoms with van der Waals surface area (Å²) in [6, 6.07) is 12.4. The molecule has 3 aromatic rings. The molecule has 2 atom stereocenters. The lowest BCUT2D eigenvalue weighted by Crippen LogP contribution is -2.29. The van der Waals surface area contributed by atoms with Crippen molar-refractivity contribution < 1.29 is 4.79 Å². The van der Waals surface area contributed by atoms with Gasteiger partial charge in [0.15, 0.2) is 5.65 Å². The van der Waals surface area contributed by atoms with E-state index in [1.807, 2.05) is 12.1 Å². The summed E-state index contributed by atoms with van der Waals surface area (Å²) in [4.78, 5) is 28.1. The Morgan fingerprint density at radius 3 is 2.58 bits per heavy atom. The average Bonchev–Trinajstić information content (AvgIpc) is 3.44. The second kappa shape index (κ2) is 7.81. The lowest BCUT2D eigenvalue weighted by molar-refractivity contribution is -0.113. The van der Waals surface area contributed by atoms with Gasteiger partial charge in [-0.05, 0) is 36.6 Å². The summed E-state index contributed by atoms with van der Waals surface area (Å²) >= 11 is 0. The molecule has 1 aromatic carbocycles. The smallest absolute Gasteiger partial charge is 0.250 e. The van der Waals surface area contributed by atoms with Crippen LogP contribution in [0.5, 0.6) is 0 Å². The van der Waals surface area contributed by atoms with Crippen molar-refractivity contribution in [2.75, 3.05) is 50.1 Å². The minimum absolute atomic E-state index is 0.160. The molecule has 0 radical (unpaired) electrons. The lowest BCUT2D eigenvalue weighted by atomic mass is 10.0. The molecule has 2 saturated heterocycles. The first-order valence-electron chi connectivity index (χ1n) is 10.8. The maximum atomic E-state index is 12.1. The molecule has 5 rings (SSSR count). The number of likely N-dealkylation sites (tertiary alicyclic amines) is 1. The van der Waals surface area contributed by atoms with Gasteiger partial charge in [-0.2, -0.15) is 4.98 Å². The van der Waals surface area contributed by atoms with Crippen molar-refractivity contribution in [1.29, 1.82) is 0 Å². The number of pyridine rings is 1. The van der Waals surface area contributed by atoms with Crippen molar-refractivity contribution in [2.24, 2.45) is 11.8 Å². The number of hydrogen-bond donors (Lipinski definition) is 0. The number of benzene rings is 1. The van der Waals surface area contributed by atoms with Crippen LogP contribution in [0.15, 0.2) is 55.3 Å². The summed E-state index contributed by atoms with van der Waals surface area (Å²) in [6.45, 7) is 8.65. The lowest BCUT2D eigenvalue weighted by Gasteiger charge is -2.22. The number of likely N-dealkylation sites (N-methyl/N-ethyl adjacent to an activating group) is 1. The highest BCUT2D eigenvalue weighted by Gasteiger charge is 2.40. The number of amides is 1. The third-order valence-electron chi connectivity index (χ3n) is 6.60. The minimum atomic E-state index is -0.160. The number of anilines is 2. The first-order chi connectivity index (χ1) is 15.0. The Labute approximate surface area is 182 Å². The monoisotopic (exact) mass is 416 g/mol. The molecule has 2 aromatic heterocycles. The van der Waals surface area contributed by atoms with Crippen molar-refractivity contribution in [3.05, 3.63) is 60.8 Å². The van der Waals surface area contributed by atoms with Crippen molar-refractivity contribution in [1.82, 2.24) is 19.4 Å². The van der Waals surface area contributed by atoms with E-state index >= 15 is 0 Å². The average molecular weight is 417 g/mol. The zero-order valence-electron chi connectivity index (χ0n) is 18.1. The molecular formula is C24H28N6O. The second-order valence-electron chi connectivity index (χ2n) is 8.77. The zero-order valence-corrected chi connectivity index (χ0v) is 18.1. The Morgan fingerprint density at radius 2 is 1.90 bits per heavy atom. The van der Waals surface area contributed by atoms with Gasteiger partial charge in [0.05, 0.1) is 23.9 Å². The predicted octanol–water partition coefficient (Wildman–Crippen LogP) is 2.63. The first kappa shape index (κ1) is 19.8. The number of carbonyl (C=O) groups is 1. The fraction of sp³-hybridized carbons (Fsp3) is 0.375. The molecule has 7 nitrogen and oxygen atoms in total. The van der Waals surface area contributed by atoms with Gasteiger partial charge in [-0.25, -0.2) is 4.98 Å². The molecule has 7 heteroatoms. The number of aromatic nitrogens is 3. The Bertz CT molecular complexity index is 1110. The van der Waals surface area contributed by atoms with Gasteiger partial charge in [0.1, 0.15) is 0 Å². The molecule has 1 amide bonds. The van der Waals surface area contributed by atoms with Gasteiger partial charge in [-0.1, -0.05) is 36.9 Å². The van der Waals surface area contributed by atoms with E-state index in [9.17, 15) is 4.79 Å². The van der Waals surface area contributed by atoms with E-state index in [4.69, 9.17) is 4.98 Å². The van der Waals surface area contributed by atoms with Crippen LogP contribution in [0.1, 0.15) is 5.56 Å². The van der Waals surface area contributed by atoms with Crippen LogP contribution in [0.2, 0.25) is 0 Å². The summed E-state index contributed by atoms with van der Waals surface area (Å²) in [5.74, 6) is 2.19. The predicted molar refractivity (Wildman–Crippen MR) is 123 cm³/mol. The van der Waals surface area contributed by atoms with Crippen molar-refractivity contribution in [2.45, 2.75) is 6.54 Å². The molecule has 2 fully saturated rings. The Balaban J connectivity index is 1.56. The number of fused-ring (bicyclic) bond motifs is 2. The summed E-state index contributed by atoms with van der Waals surface area (Å²) in [7, 11) is 3.95. The first-order valence-corrected chi connectivity index (χ1v) is 10.8. The molecule has 2 aliphatic heterocycles. The minimum Gasteiger partial charge on any atom is -0.341 e. The Kier molecular flexibility index (Phi) is 4.98. The van der Waals surface area contributed by atoms with Gasteiger partial charge in [0.25, 0.3) is 0 Å². The standard InChI is InChI=1S/C24H28N6O/c1-4-22(31)28(3)20-10-21-23(25-11-20)26-24(30(21)12-17-8-6-5-7-9-17)29-15-18-13-27(2)14-19(18)16-29/h4-11,18-19H,1,12-16H2,2-3H3. The molecule has 0 aliphatic carbocycles. The fourth-order valence-electron chi connectivity index (χ4n) is 4.98. The van der Waals surface area contributed by atoms with E-state index in [0.717, 1.165) is 43.3 Å². The van der Waals surface area contributed by atoms with E-state index < -0.39 is 0 Å². The molecule has 2 unspecified atom stereocenters. The molecule has 2 aliphatic rings. The van der Waals surface area contributed by atoms with Crippen LogP contribution in [0.3, 0.4) is 0 Å². The van der Waals surface area contributed by atoms with E-state index in [0.29, 0.717) is 24.0 Å². The number of nitrogens with zero attached hydrogens (tertiary/aromatic N) is 6. The highest BCUT2D eigenvalue weighted by atomic mass is 16.2. The van der Waals surface area contributed by atoms with Gasteiger partial charge in [0, 0.05) is 33.2 Å². The zero-order chi connectivity index (χ0) is 21.5. The summed E-state index contributed by atoms with van der Waals surface area (Å²) in [5.41, 5.74) is 3.60. The van der Waals surface area contributed by atoms with E-state index in [-0.39, 0.29) is 5.91 Å². The maximum absolute atomic E-state index is 12.1. The van der Waals surface area contributed by atoms with E-state index in [2.05, 4.69) is 57.2 Å². The highest BCUT2D eigenvalue weighted by Crippen LogP contribution is 2.35. The van der Waals surface area contributed by atoms with Gasteiger partial charge >= 0.3 is 0 Å². The molecule has 0 spiro atoms. The Morgan fingerprint density at radius 1 is 1.19 bits per heavy atom. The van der Waals surface area contributed by atoms with Crippen LogP contribution in [0.25, 0.3) is 11.2 Å². The van der Waals surface area contributed by atoms with Crippen molar-refractivity contribution in [3.63, 3.8) is 0 Å². The largest absolute Gasteiger partial charge is 0.341 e. The second-order valence-corrected chi connectivity index (χ2v) is 8.77. The molecule has 0 bridgehead atoms. The van der Waals surface area contributed by atoms with Crippen LogP contribution < -0.4 is 9.80 Å². The van der Waals surface area contributed by atoms with Crippen LogP contribution in [0, 0.1) is 11.8 Å². The summed E-state index contributed by atoms with van der Waals surface area (Å²) in [6.07, 6.45) is 3.03. The molecule has 31 heavy (non-hydrogen) atoms. The van der Waals surface area contributed by atoms with Gasteiger partial charge in [-0.15, -0.1) is 0 Å². The van der Waals surface area contributed by atoms with Crippen LogP contribution >= 0.6 is 0 Å². The third-order valence-corrected chi connectivity index (χ3v) is 6.60. The molecule has 4 heterocycles. The Hall–Kier alpha value is -3.19. The molecule has 160 valence electrons. The summed E-state index contributed by atoms with van der Waals surface area (Å²) < 4.78 is 2.25. The molecule has 0 saturated carbocycles. The van der Waals surface area contributed by atoms with Gasteiger partial charge in [-0.3, -0.25) is 4.79 Å². The maximum Gasteiger partial charge on any atom is 0.250 e. The number of hydrogen-bond acceptors (Lipinski definition) is 5. The number of rotatable bonds is 5. The van der Waals surface area contributed by atoms with Crippen LogP contribution in [-0.2, 0) is 11.3 Å². The normalized spacial score (nSPS) is 20.9. The van der Waals surface area contributed by atoms with E-state index in [1.165, 1.54) is 11.6 Å². The van der Waals surface area contributed by atoms with E-state index in [1.54, 1.807) is 18.1 Å². The third kappa shape index (κ3) is 3.59. The SMILES string of the molecule is C=CC(=O)N(C)c1cnc2nc(N3CC4CN(C)CC4C3)n(Cc3ccccc3)c2c1. The van der Waals surface area contributed by atoms with Crippen LogP contribution in [0.4, 0.5) is 11.6 Å². The van der Waals surface area contributed by atoms with Gasteiger partial charge < -0.3 is 19.3 Å². The molecular weight excluding hydrogens is 388 g/mol. The van der Waals surface area contributed by atoms with Crippen LogP contribution in [-0.4, -0.2) is 65.6 Å². The van der Waals surface area contributed by atoms with Crippen molar-refractivity contribution >= 4 is 28.7 Å². The number of imidazole rings is 1. The molecule has 0 N–H and O–H groups in total. The van der Waals surface area contributed by atoms with Gasteiger partial charge in [0.2, 0.25) is 11.9 Å². The topological polar surface area (TPSA) is 57.5 Å². The highest BCUT2D eigenvalue weighted by molar-refractivity contribution is 6.01. The summed E-state index contributed by atoms with van der Waals surface area (Å²) in [5, 5.41) is 0. The fourth-order valence-corrected chi connectivity index (χ4v) is 4.98. The number of carbonyl (C=O) groups excluding carboxylic acids is 1.